The second kappa shape index (κ2) is 12.8. The van der Waals surface area contributed by atoms with Gasteiger partial charge in [-0.2, -0.15) is 0 Å². The van der Waals surface area contributed by atoms with Gasteiger partial charge in [-0.15, -0.1) is 0 Å². The maximum atomic E-state index is 2.41. The van der Waals surface area contributed by atoms with E-state index in [1.807, 2.05) is 0 Å². The van der Waals surface area contributed by atoms with Gasteiger partial charge in [-0.05, 0) is 63.2 Å². The highest BCUT2D eigenvalue weighted by atomic mass is 14.3. The Morgan fingerprint density at radius 1 is 0.640 bits per heavy atom. The lowest BCUT2D eigenvalue weighted by atomic mass is 9.74. The van der Waals surface area contributed by atoms with Crippen molar-refractivity contribution in [3.8, 4) is 0 Å². The van der Waals surface area contributed by atoms with Crippen molar-refractivity contribution in [1.29, 1.82) is 0 Å². The average molecular weight is 345 g/mol. The van der Waals surface area contributed by atoms with Crippen LogP contribution < -0.4 is 0 Å². The predicted molar refractivity (Wildman–Crippen MR) is 113 cm³/mol. The van der Waals surface area contributed by atoms with E-state index in [1.165, 1.54) is 96.3 Å². The molecule has 0 heterocycles. The van der Waals surface area contributed by atoms with Crippen LogP contribution in [0.4, 0.5) is 0 Å². The van der Waals surface area contributed by atoms with E-state index >= 15 is 0 Å². The largest absolute Gasteiger partial charge is 0.0917 e. The van der Waals surface area contributed by atoms with Gasteiger partial charge in [0.25, 0.3) is 0 Å². The molecule has 0 spiro atoms. The van der Waals surface area contributed by atoms with Crippen molar-refractivity contribution in [2.45, 2.75) is 110 Å². The fourth-order valence-electron chi connectivity index (χ4n) is 5.43. The fourth-order valence-corrected chi connectivity index (χ4v) is 5.43. The topological polar surface area (TPSA) is 0 Å². The van der Waals surface area contributed by atoms with Crippen molar-refractivity contribution in [3.63, 3.8) is 0 Å². The van der Waals surface area contributed by atoms with Crippen LogP contribution in [0, 0.1) is 23.7 Å². The van der Waals surface area contributed by atoms with Gasteiger partial charge in [0.15, 0.2) is 0 Å². The summed E-state index contributed by atoms with van der Waals surface area (Å²) in [5.74, 6) is 4.12. The summed E-state index contributed by atoms with van der Waals surface area (Å²) in [6, 6.07) is 0. The molecule has 144 valence electrons. The first-order valence-electron chi connectivity index (χ1n) is 11.6. The van der Waals surface area contributed by atoms with Crippen molar-refractivity contribution < 1.29 is 0 Å². The highest BCUT2D eigenvalue weighted by molar-refractivity contribution is 4.85. The third-order valence-corrected chi connectivity index (χ3v) is 7.12. The molecule has 0 radical (unpaired) electrons. The standard InChI is InChI=1S/C25H44/c1-3-5-7-12-22-18-20-23(21-19-22)13-8-9-15-25-17-11-10-16-24(25)14-6-4-2/h3-6,22-25H,7-21H2,1-2H3/b5-3+,6-4?. The monoisotopic (exact) mass is 344 g/mol. The Kier molecular flexibility index (Phi) is 10.6. The smallest absolute Gasteiger partial charge is 0.0320 e. The number of allylic oxidation sites excluding steroid dienone is 4. The molecule has 2 fully saturated rings. The molecule has 0 saturated heterocycles. The molecule has 0 nitrogen and oxygen atoms in total. The molecule has 2 aliphatic carbocycles. The van der Waals surface area contributed by atoms with Gasteiger partial charge in [-0.3, -0.25) is 0 Å². The maximum Gasteiger partial charge on any atom is -0.0320 e. The minimum absolute atomic E-state index is 0.998. The Labute approximate surface area is 158 Å². The van der Waals surface area contributed by atoms with Gasteiger partial charge in [-0.1, -0.05) is 94.9 Å². The molecule has 2 atom stereocenters. The average Bonchev–Trinajstić information content (AvgIpc) is 2.65. The van der Waals surface area contributed by atoms with E-state index in [-0.39, 0.29) is 0 Å². The molecule has 2 aliphatic rings. The SMILES string of the molecule is CC=CCC1CCCCC1CCCCC1CCC(CC/C=C/C)CC1. The van der Waals surface area contributed by atoms with E-state index in [9.17, 15) is 0 Å². The van der Waals surface area contributed by atoms with Gasteiger partial charge in [0.1, 0.15) is 0 Å². The van der Waals surface area contributed by atoms with Crippen LogP contribution in [-0.2, 0) is 0 Å². The van der Waals surface area contributed by atoms with E-state index in [4.69, 9.17) is 0 Å². The van der Waals surface area contributed by atoms with Gasteiger partial charge in [-0.25, -0.2) is 0 Å². The number of hydrogen-bond acceptors (Lipinski definition) is 0. The Morgan fingerprint density at radius 3 is 1.92 bits per heavy atom. The van der Waals surface area contributed by atoms with Gasteiger partial charge in [0.05, 0.1) is 0 Å². The molecule has 0 N–H and O–H groups in total. The summed E-state index contributed by atoms with van der Waals surface area (Å²) in [6.45, 7) is 4.32. The van der Waals surface area contributed by atoms with Crippen molar-refractivity contribution >= 4 is 0 Å². The number of rotatable bonds is 10. The molecule has 0 bridgehead atoms. The zero-order chi connectivity index (χ0) is 17.7. The lowest BCUT2D eigenvalue weighted by Crippen LogP contribution is -2.19. The zero-order valence-electron chi connectivity index (χ0n) is 17.2. The Balaban J connectivity index is 1.55. The van der Waals surface area contributed by atoms with Crippen molar-refractivity contribution in [3.05, 3.63) is 24.3 Å². The third-order valence-electron chi connectivity index (χ3n) is 7.12. The van der Waals surface area contributed by atoms with Crippen LogP contribution in [0.1, 0.15) is 110 Å². The van der Waals surface area contributed by atoms with Crippen molar-refractivity contribution in [2.24, 2.45) is 23.7 Å². The van der Waals surface area contributed by atoms with Crippen LogP contribution in [0.5, 0.6) is 0 Å². The minimum atomic E-state index is 0.998. The first kappa shape index (κ1) is 20.8. The maximum absolute atomic E-state index is 2.41. The first-order valence-corrected chi connectivity index (χ1v) is 11.6. The predicted octanol–water partition coefficient (Wildman–Crippen LogP) is 8.48. The minimum Gasteiger partial charge on any atom is -0.0917 e. The lowest BCUT2D eigenvalue weighted by molar-refractivity contribution is 0.213. The van der Waals surface area contributed by atoms with Crippen LogP contribution in [0.25, 0.3) is 0 Å². The highest BCUT2D eigenvalue weighted by Gasteiger charge is 2.24. The van der Waals surface area contributed by atoms with E-state index in [1.54, 1.807) is 0 Å². The Morgan fingerprint density at radius 2 is 1.24 bits per heavy atom. The number of hydrogen-bond donors (Lipinski definition) is 0. The molecule has 25 heavy (non-hydrogen) atoms. The van der Waals surface area contributed by atoms with E-state index < -0.39 is 0 Å². The van der Waals surface area contributed by atoms with Crippen LogP contribution in [0.15, 0.2) is 24.3 Å². The number of unbranched alkanes of at least 4 members (excludes halogenated alkanes) is 1. The van der Waals surface area contributed by atoms with Crippen LogP contribution in [-0.4, -0.2) is 0 Å². The van der Waals surface area contributed by atoms with Crippen molar-refractivity contribution in [2.75, 3.05) is 0 Å². The molecule has 2 rings (SSSR count). The normalized spacial score (nSPS) is 31.1. The molecule has 0 aromatic heterocycles. The van der Waals surface area contributed by atoms with Gasteiger partial charge < -0.3 is 0 Å². The van der Waals surface area contributed by atoms with Crippen molar-refractivity contribution in [1.82, 2.24) is 0 Å². The molecule has 0 amide bonds. The highest BCUT2D eigenvalue weighted by Crippen LogP contribution is 2.37. The molecule has 0 heteroatoms. The van der Waals surface area contributed by atoms with E-state index in [0.29, 0.717) is 0 Å². The lowest BCUT2D eigenvalue weighted by Gasteiger charge is -2.31. The molecule has 0 aromatic carbocycles. The molecular weight excluding hydrogens is 300 g/mol. The summed E-state index contributed by atoms with van der Waals surface area (Å²) in [4.78, 5) is 0. The summed E-state index contributed by atoms with van der Waals surface area (Å²) < 4.78 is 0. The Bertz CT molecular complexity index is 369. The van der Waals surface area contributed by atoms with E-state index in [0.717, 1.165) is 23.7 Å². The molecular formula is C25H44. The second-order valence-corrected chi connectivity index (χ2v) is 8.93. The second-order valence-electron chi connectivity index (χ2n) is 8.93. The van der Waals surface area contributed by atoms with E-state index in [2.05, 4.69) is 38.2 Å². The third kappa shape index (κ3) is 8.14. The van der Waals surface area contributed by atoms with Gasteiger partial charge >= 0.3 is 0 Å². The Hall–Kier alpha value is -0.520. The van der Waals surface area contributed by atoms with Crippen LogP contribution >= 0.6 is 0 Å². The van der Waals surface area contributed by atoms with Gasteiger partial charge in [0, 0.05) is 0 Å². The summed E-state index contributed by atoms with van der Waals surface area (Å²) in [5.41, 5.74) is 0. The molecule has 0 aromatic rings. The van der Waals surface area contributed by atoms with Crippen LogP contribution in [0.3, 0.4) is 0 Å². The summed E-state index contributed by atoms with van der Waals surface area (Å²) in [5, 5.41) is 0. The fraction of sp³-hybridized carbons (Fsp3) is 0.840. The molecule has 2 saturated carbocycles. The molecule has 0 aliphatic heterocycles. The van der Waals surface area contributed by atoms with Crippen LogP contribution in [0.2, 0.25) is 0 Å². The summed E-state index contributed by atoms with van der Waals surface area (Å²) in [7, 11) is 0. The summed E-state index contributed by atoms with van der Waals surface area (Å²) in [6.07, 6.45) is 31.4. The first-order chi connectivity index (χ1) is 12.3. The summed E-state index contributed by atoms with van der Waals surface area (Å²) >= 11 is 0. The van der Waals surface area contributed by atoms with Gasteiger partial charge in [0.2, 0.25) is 0 Å². The zero-order valence-corrected chi connectivity index (χ0v) is 17.2. The quantitative estimate of drug-likeness (QED) is 0.275. The molecule has 2 unspecified atom stereocenters.